The van der Waals surface area contributed by atoms with Crippen LogP contribution in [0.2, 0.25) is 5.02 Å². The van der Waals surface area contributed by atoms with Crippen LogP contribution >= 0.6 is 27.5 Å². The van der Waals surface area contributed by atoms with Crippen LogP contribution in [-0.2, 0) is 6.42 Å². The van der Waals surface area contributed by atoms with Crippen LogP contribution in [0.25, 0.3) is 0 Å². The summed E-state index contributed by atoms with van der Waals surface area (Å²) in [6.07, 6.45) is 1.97. The van der Waals surface area contributed by atoms with Crippen LogP contribution in [0.15, 0.2) is 18.2 Å². The second-order valence-corrected chi connectivity index (χ2v) is 5.64. The summed E-state index contributed by atoms with van der Waals surface area (Å²) >= 11 is 9.56. The zero-order chi connectivity index (χ0) is 11.4. The summed E-state index contributed by atoms with van der Waals surface area (Å²) in [5.74, 6) is 0.261. The van der Waals surface area contributed by atoms with Gasteiger partial charge in [0.05, 0.1) is 0 Å². The summed E-state index contributed by atoms with van der Waals surface area (Å²) < 4.78 is 12.8. The van der Waals surface area contributed by atoms with E-state index >= 15 is 0 Å². The Morgan fingerprint density at radius 3 is 2.60 bits per heavy atom. The first-order chi connectivity index (χ1) is 7.04. The van der Waals surface area contributed by atoms with Crippen molar-refractivity contribution in [3.8, 4) is 0 Å². The Morgan fingerprint density at radius 1 is 1.47 bits per heavy atom. The zero-order valence-electron chi connectivity index (χ0n) is 8.93. The van der Waals surface area contributed by atoms with Crippen molar-refractivity contribution in [3.05, 3.63) is 34.6 Å². The van der Waals surface area contributed by atoms with Gasteiger partial charge in [0.2, 0.25) is 0 Å². The van der Waals surface area contributed by atoms with Gasteiger partial charge in [0.15, 0.2) is 0 Å². The van der Waals surface area contributed by atoms with Gasteiger partial charge in [0, 0.05) is 9.85 Å². The second kappa shape index (κ2) is 5.86. The molecule has 15 heavy (non-hydrogen) atoms. The van der Waals surface area contributed by atoms with Gasteiger partial charge in [-0.2, -0.15) is 0 Å². The molecule has 1 aromatic carbocycles. The standard InChI is InChI=1S/C12H15BrClF/c1-3-9(8(2)13)6-10-4-5-11(15)7-12(10)14/h4-5,7-9H,3,6H2,1-2H3. The topological polar surface area (TPSA) is 0 Å². The molecule has 0 fully saturated rings. The van der Waals surface area contributed by atoms with Gasteiger partial charge >= 0.3 is 0 Å². The van der Waals surface area contributed by atoms with Crippen LogP contribution in [-0.4, -0.2) is 4.83 Å². The fourth-order valence-corrected chi connectivity index (χ4v) is 2.41. The van der Waals surface area contributed by atoms with Crippen molar-refractivity contribution < 1.29 is 4.39 Å². The summed E-state index contributed by atoms with van der Waals surface area (Å²) in [7, 11) is 0. The third-order valence-corrected chi connectivity index (χ3v) is 3.77. The van der Waals surface area contributed by atoms with Crippen LogP contribution in [0.3, 0.4) is 0 Å². The molecule has 1 aromatic rings. The number of alkyl halides is 1. The van der Waals surface area contributed by atoms with Crippen LogP contribution < -0.4 is 0 Å². The summed E-state index contributed by atoms with van der Waals surface area (Å²) in [5.41, 5.74) is 1.02. The van der Waals surface area contributed by atoms with Crippen LogP contribution in [0.4, 0.5) is 4.39 Å². The molecule has 1 rings (SSSR count). The summed E-state index contributed by atoms with van der Waals surface area (Å²) in [6, 6.07) is 4.62. The second-order valence-electron chi connectivity index (χ2n) is 3.79. The minimum Gasteiger partial charge on any atom is -0.207 e. The predicted molar refractivity (Wildman–Crippen MR) is 67.3 cm³/mol. The number of rotatable bonds is 4. The summed E-state index contributed by atoms with van der Waals surface area (Å²) in [6.45, 7) is 4.28. The average Bonchev–Trinajstić information content (AvgIpc) is 2.16. The molecule has 0 N–H and O–H groups in total. The lowest BCUT2D eigenvalue weighted by molar-refractivity contribution is 0.507. The minimum absolute atomic E-state index is 0.274. The van der Waals surface area contributed by atoms with E-state index in [0.29, 0.717) is 15.8 Å². The van der Waals surface area contributed by atoms with E-state index in [0.717, 1.165) is 18.4 Å². The molecule has 3 heteroatoms. The highest BCUT2D eigenvalue weighted by Gasteiger charge is 2.14. The molecule has 0 nitrogen and oxygen atoms in total. The van der Waals surface area contributed by atoms with Gasteiger partial charge in [-0.15, -0.1) is 0 Å². The largest absolute Gasteiger partial charge is 0.207 e. The van der Waals surface area contributed by atoms with Crippen LogP contribution in [0.1, 0.15) is 25.8 Å². The molecule has 0 aliphatic rings. The minimum atomic E-state index is -0.274. The Kier molecular flexibility index (Phi) is 5.07. The van der Waals surface area contributed by atoms with E-state index in [1.165, 1.54) is 12.1 Å². The maximum absolute atomic E-state index is 12.8. The molecule has 0 aliphatic carbocycles. The molecule has 0 aromatic heterocycles. The van der Waals surface area contributed by atoms with Gasteiger partial charge in [0.25, 0.3) is 0 Å². The first kappa shape index (κ1) is 13.0. The first-order valence-electron chi connectivity index (χ1n) is 5.12. The third kappa shape index (κ3) is 3.76. The Bertz CT molecular complexity index is 325. The van der Waals surface area contributed by atoms with Crippen LogP contribution in [0.5, 0.6) is 0 Å². The maximum atomic E-state index is 12.8. The van der Waals surface area contributed by atoms with Crippen molar-refractivity contribution in [2.75, 3.05) is 0 Å². The first-order valence-corrected chi connectivity index (χ1v) is 6.42. The van der Waals surface area contributed by atoms with Gasteiger partial charge in [-0.25, -0.2) is 4.39 Å². The van der Waals surface area contributed by atoms with Crippen LogP contribution in [0, 0.1) is 11.7 Å². The van der Waals surface area contributed by atoms with Gasteiger partial charge in [-0.05, 0) is 30.0 Å². The SMILES string of the molecule is CCC(Cc1ccc(F)cc1Cl)C(C)Br. The number of hydrogen-bond donors (Lipinski definition) is 0. The molecule has 0 spiro atoms. The van der Waals surface area contributed by atoms with E-state index in [9.17, 15) is 4.39 Å². The quantitative estimate of drug-likeness (QED) is 0.697. The van der Waals surface area contributed by atoms with Crippen molar-refractivity contribution in [3.63, 3.8) is 0 Å². The molecule has 0 bridgehead atoms. The Morgan fingerprint density at radius 2 is 2.13 bits per heavy atom. The van der Waals surface area contributed by atoms with E-state index in [1.54, 1.807) is 6.07 Å². The Balaban J connectivity index is 2.79. The maximum Gasteiger partial charge on any atom is 0.124 e. The highest BCUT2D eigenvalue weighted by molar-refractivity contribution is 9.09. The average molecular weight is 294 g/mol. The molecule has 84 valence electrons. The lowest BCUT2D eigenvalue weighted by Gasteiger charge is -2.18. The summed E-state index contributed by atoms with van der Waals surface area (Å²) in [4.78, 5) is 0.448. The molecule has 0 amide bonds. The van der Waals surface area contributed by atoms with E-state index < -0.39 is 0 Å². The molecular weight excluding hydrogens is 278 g/mol. The van der Waals surface area contributed by atoms with Crippen molar-refractivity contribution in [2.45, 2.75) is 31.5 Å². The molecule has 0 heterocycles. The third-order valence-electron chi connectivity index (χ3n) is 2.67. The Hall–Kier alpha value is -0.0800. The molecule has 0 saturated heterocycles. The highest BCUT2D eigenvalue weighted by atomic mass is 79.9. The van der Waals surface area contributed by atoms with Gasteiger partial charge in [0.1, 0.15) is 5.82 Å². The molecular formula is C12H15BrClF. The van der Waals surface area contributed by atoms with Crippen molar-refractivity contribution in [1.82, 2.24) is 0 Å². The lowest BCUT2D eigenvalue weighted by atomic mass is 9.94. The molecule has 0 aliphatic heterocycles. The molecule has 0 radical (unpaired) electrons. The van der Waals surface area contributed by atoms with E-state index in [2.05, 4.69) is 29.8 Å². The predicted octanol–water partition coefficient (Wildman–Crippen LogP) is 4.83. The van der Waals surface area contributed by atoms with E-state index in [4.69, 9.17) is 11.6 Å². The lowest BCUT2D eigenvalue weighted by Crippen LogP contribution is -2.13. The van der Waals surface area contributed by atoms with E-state index in [-0.39, 0.29) is 5.82 Å². The number of halogens is 3. The van der Waals surface area contributed by atoms with Gasteiger partial charge in [-0.1, -0.05) is 53.9 Å². The highest BCUT2D eigenvalue weighted by Crippen LogP contribution is 2.25. The van der Waals surface area contributed by atoms with Gasteiger partial charge in [-0.3, -0.25) is 0 Å². The summed E-state index contributed by atoms with van der Waals surface area (Å²) in [5, 5.41) is 0.529. The zero-order valence-corrected chi connectivity index (χ0v) is 11.3. The van der Waals surface area contributed by atoms with Crippen molar-refractivity contribution in [2.24, 2.45) is 5.92 Å². The normalized spacial score (nSPS) is 15.0. The number of benzene rings is 1. The fourth-order valence-electron chi connectivity index (χ4n) is 1.60. The van der Waals surface area contributed by atoms with Crippen molar-refractivity contribution in [1.29, 1.82) is 0 Å². The molecule has 2 unspecified atom stereocenters. The smallest absolute Gasteiger partial charge is 0.124 e. The molecule has 0 saturated carbocycles. The monoisotopic (exact) mass is 292 g/mol. The number of hydrogen-bond acceptors (Lipinski definition) is 0. The van der Waals surface area contributed by atoms with Gasteiger partial charge < -0.3 is 0 Å². The molecule has 2 atom stereocenters. The van der Waals surface area contributed by atoms with E-state index in [1.807, 2.05) is 0 Å². The Labute approximate surface area is 104 Å². The van der Waals surface area contributed by atoms with Crippen molar-refractivity contribution >= 4 is 27.5 Å². The fraction of sp³-hybridized carbons (Fsp3) is 0.500.